The van der Waals surface area contributed by atoms with E-state index >= 15 is 0 Å². The van der Waals surface area contributed by atoms with Gasteiger partial charge in [0.05, 0.1) is 0 Å². The summed E-state index contributed by atoms with van der Waals surface area (Å²) >= 11 is 6.69. The van der Waals surface area contributed by atoms with Gasteiger partial charge in [0.15, 0.2) is 5.82 Å². The van der Waals surface area contributed by atoms with Crippen molar-refractivity contribution in [1.29, 1.82) is 0 Å². The van der Waals surface area contributed by atoms with Gasteiger partial charge in [0, 0.05) is 18.6 Å². The van der Waals surface area contributed by atoms with E-state index in [1.165, 1.54) is 19.3 Å². The Kier molecular flexibility index (Phi) is 6.48. The highest BCUT2D eigenvalue weighted by Crippen LogP contribution is 2.27. The van der Waals surface area contributed by atoms with E-state index in [1.807, 2.05) is 0 Å². The number of thiazole rings is 1. The largest absolute Gasteiger partial charge is 0.368 e. The van der Waals surface area contributed by atoms with Crippen LogP contribution in [0.5, 0.6) is 0 Å². The van der Waals surface area contributed by atoms with E-state index in [0.29, 0.717) is 22.2 Å². The summed E-state index contributed by atoms with van der Waals surface area (Å²) in [4.78, 5) is 3.69. The van der Waals surface area contributed by atoms with Crippen LogP contribution in [0.15, 0.2) is 0 Å². The number of hydrogen-bond acceptors (Lipinski definition) is 5. The Balaban J connectivity index is 1.54. The van der Waals surface area contributed by atoms with Crippen LogP contribution in [-0.4, -0.2) is 30.2 Å². The van der Waals surface area contributed by atoms with Gasteiger partial charge in [-0.25, -0.2) is 0 Å². The number of unbranched alkanes of at least 4 members (excludes halogenated alkanes) is 1. The number of rotatable bonds is 7. The number of anilines is 1. The third-order valence-corrected chi connectivity index (χ3v) is 4.72. The van der Waals surface area contributed by atoms with Crippen LogP contribution in [0.4, 0.5) is 10.2 Å². The van der Waals surface area contributed by atoms with Crippen LogP contribution in [0.2, 0.25) is 4.34 Å². The fraction of sp³-hybridized carbons (Fsp3) is 0.769. The first-order chi connectivity index (χ1) is 9.66. The Hall–Kier alpha value is -0.430. The zero-order valence-corrected chi connectivity index (χ0v) is 13.1. The highest BCUT2D eigenvalue weighted by molar-refractivity contribution is 7.15. The lowest BCUT2D eigenvalue weighted by atomic mass is 9.91. The summed E-state index contributed by atoms with van der Waals surface area (Å²) in [5.41, 5.74) is 6.08. The molecule has 20 heavy (non-hydrogen) atoms. The van der Waals surface area contributed by atoms with Gasteiger partial charge in [-0.3, -0.25) is 0 Å². The minimum absolute atomic E-state index is 0.304. The van der Waals surface area contributed by atoms with Gasteiger partial charge in [-0.15, -0.1) is 0 Å². The maximum atomic E-state index is 12.8. The molecule has 1 heterocycles. The molecule has 1 saturated carbocycles. The van der Waals surface area contributed by atoms with Crippen molar-refractivity contribution in [2.45, 2.75) is 50.6 Å². The molecule has 0 spiro atoms. The Labute approximate surface area is 128 Å². The van der Waals surface area contributed by atoms with Gasteiger partial charge in [-0.05, 0) is 32.2 Å². The molecule has 4 N–H and O–H groups in total. The molecule has 4 nitrogen and oxygen atoms in total. The molecule has 0 bridgehead atoms. The molecule has 7 heteroatoms. The molecule has 1 fully saturated rings. The number of halogens is 2. The zero-order valence-electron chi connectivity index (χ0n) is 11.5. The van der Waals surface area contributed by atoms with Crippen molar-refractivity contribution >= 4 is 28.8 Å². The molecular weight excluding hydrogens is 299 g/mol. The molecule has 2 atom stereocenters. The third-order valence-electron chi connectivity index (χ3n) is 3.68. The van der Waals surface area contributed by atoms with Crippen LogP contribution in [0, 0.1) is 5.26 Å². The second kappa shape index (κ2) is 8.12. The molecule has 0 aromatic carbocycles. The van der Waals surface area contributed by atoms with Crippen molar-refractivity contribution in [3.8, 4) is 0 Å². The van der Waals surface area contributed by atoms with E-state index in [2.05, 4.69) is 15.6 Å². The van der Waals surface area contributed by atoms with Crippen LogP contribution in [0.25, 0.3) is 0 Å². The molecule has 114 valence electrons. The molecular formula is C13H22ClFN4S. The van der Waals surface area contributed by atoms with Crippen LogP contribution in [-0.2, 0) is 0 Å². The van der Waals surface area contributed by atoms with Crippen molar-refractivity contribution < 1.29 is 4.39 Å². The van der Waals surface area contributed by atoms with Crippen LogP contribution in [0.1, 0.15) is 38.5 Å². The monoisotopic (exact) mass is 320 g/mol. The summed E-state index contributed by atoms with van der Waals surface area (Å²) in [6.45, 7) is 1.72. The van der Waals surface area contributed by atoms with Crippen LogP contribution >= 0.6 is 22.9 Å². The number of aromatic nitrogens is 1. The lowest BCUT2D eigenvalue weighted by molar-refractivity contribution is 0.327. The molecule has 0 saturated heterocycles. The van der Waals surface area contributed by atoms with Gasteiger partial charge >= 0.3 is 0 Å². The Morgan fingerprint density at radius 1 is 1.30 bits per heavy atom. The van der Waals surface area contributed by atoms with Gasteiger partial charge in [0.1, 0.15) is 4.34 Å². The maximum absolute atomic E-state index is 12.8. The summed E-state index contributed by atoms with van der Waals surface area (Å²) in [6.07, 6.45) is 6.90. The SMILES string of the molecule is N[C@@H]1CCCC[C@H]1NCCCCNc1nc(F)sc1Cl. The standard InChI is InChI=1S/C13H22ClFN4S/c14-11-12(19-13(15)20-11)18-8-4-3-7-17-10-6-2-1-5-9(10)16/h9-10,17-18H,1-8,16H2/t9-,10-/m1/s1. The van der Waals surface area contributed by atoms with E-state index in [0.717, 1.165) is 43.7 Å². The van der Waals surface area contributed by atoms with Crippen molar-refractivity contribution in [3.05, 3.63) is 9.60 Å². The second-order valence-corrected chi connectivity index (χ2v) is 6.78. The van der Waals surface area contributed by atoms with Crippen molar-refractivity contribution in [2.24, 2.45) is 5.73 Å². The predicted octanol–water partition coefficient (Wildman–Crippen LogP) is 2.99. The minimum Gasteiger partial charge on any atom is -0.368 e. The molecule has 0 radical (unpaired) electrons. The van der Waals surface area contributed by atoms with Gasteiger partial charge in [0.25, 0.3) is 5.26 Å². The molecule has 0 amide bonds. The smallest absolute Gasteiger partial charge is 0.272 e. The molecule has 1 aliphatic carbocycles. The zero-order chi connectivity index (χ0) is 14.4. The van der Waals surface area contributed by atoms with Gasteiger partial charge < -0.3 is 16.4 Å². The first kappa shape index (κ1) is 15.9. The maximum Gasteiger partial charge on any atom is 0.272 e. The Morgan fingerprint density at radius 2 is 2.05 bits per heavy atom. The fourth-order valence-electron chi connectivity index (χ4n) is 2.54. The highest BCUT2D eigenvalue weighted by atomic mass is 35.5. The number of nitrogens with one attached hydrogen (secondary N) is 2. The van der Waals surface area contributed by atoms with Crippen molar-refractivity contribution in [2.75, 3.05) is 18.4 Å². The van der Waals surface area contributed by atoms with E-state index in [9.17, 15) is 4.39 Å². The highest BCUT2D eigenvalue weighted by Gasteiger charge is 2.20. The number of nitrogens with two attached hydrogens (primary N) is 1. The van der Waals surface area contributed by atoms with E-state index in [4.69, 9.17) is 17.3 Å². The number of hydrogen-bond donors (Lipinski definition) is 3. The average Bonchev–Trinajstić information content (AvgIpc) is 2.74. The number of nitrogens with zero attached hydrogens (tertiary/aromatic N) is 1. The van der Waals surface area contributed by atoms with Crippen molar-refractivity contribution in [1.82, 2.24) is 10.3 Å². The predicted molar refractivity (Wildman–Crippen MR) is 83.0 cm³/mol. The molecule has 0 unspecified atom stereocenters. The Bertz CT molecular complexity index is 415. The minimum atomic E-state index is -0.495. The van der Waals surface area contributed by atoms with Gasteiger partial charge in [-0.1, -0.05) is 35.8 Å². The molecule has 1 aromatic heterocycles. The molecule has 0 aliphatic heterocycles. The molecule has 2 rings (SSSR count). The second-order valence-electron chi connectivity index (χ2n) is 5.23. The van der Waals surface area contributed by atoms with Crippen LogP contribution in [0.3, 0.4) is 0 Å². The Morgan fingerprint density at radius 3 is 2.75 bits per heavy atom. The van der Waals surface area contributed by atoms with E-state index in [-0.39, 0.29) is 0 Å². The summed E-state index contributed by atoms with van der Waals surface area (Å²) in [7, 11) is 0. The first-order valence-electron chi connectivity index (χ1n) is 7.21. The summed E-state index contributed by atoms with van der Waals surface area (Å²) in [6, 6.07) is 0.775. The fourth-order valence-corrected chi connectivity index (χ4v) is 3.34. The van der Waals surface area contributed by atoms with Crippen LogP contribution < -0.4 is 16.4 Å². The lowest BCUT2D eigenvalue weighted by Crippen LogP contribution is -2.47. The average molecular weight is 321 g/mol. The normalized spacial score (nSPS) is 22.9. The topological polar surface area (TPSA) is 63.0 Å². The summed E-state index contributed by atoms with van der Waals surface area (Å²) < 4.78 is 13.2. The van der Waals surface area contributed by atoms with Gasteiger partial charge in [-0.2, -0.15) is 9.37 Å². The quantitative estimate of drug-likeness (QED) is 0.676. The third kappa shape index (κ3) is 4.84. The first-order valence-corrected chi connectivity index (χ1v) is 8.41. The van der Waals surface area contributed by atoms with E-state index < -0.39 is 5.26 Å². The summed E-state index contributed by atoms with van der Waals surface area (Å²) in [5.74, 6) is 0.455. The van der Waals surface area contributed by atoms with Crippen molar-refractivity contribution in [3.63, 3.8) is 0 Å². The molecule has 1 aliphatic rings. The lowest BCUT2D eigenvalue weighted by Gasteiger charge is -2.29. The van der Waals surface area contributed by atoms with E-state index in [1.54, 1.807) is 0 Å². The van der Waals surface area contributed by atoms with Gasteiger partial charge in [0.2, 0.25) is 0 Å². The summed E-state index contributed by atoms with van der Waals surface area (Å²) in [5, 5.41) is 6.09. The molecule has 1 aromatic rings.